The van der Waals surface area contributed by atoms with Gasteiger partial charge in [0.1, 0.15) is 5.75 Å². The van der Waals surface area contributed by atoms with Crippen LogP contribution in [0.2, 0.25) is 0 Å². The van der Waals surface area contributed by atoms with Crippen LogP contribution in [0.1, 0.15) is 46.1 Å². The van der Waals surface area contributed by atoms with Crippen molar-refractivity contribution in [3.63, 3.8) is 0 Å². The fraction of sp³-hybridized carbons (Fsp3) is 0.217. The van der Waals surface area contributed by atoms with Gasteiger partial charge in [-0.3, -0.25) is 0 Å². The molecule has 3 aromatic rings. The molecule has 0 amide bonds. The first-order valence-electron chi connectivity index (χ1n) is 8.65. The van der Waals surface area contributed by atoms with Crippen LogP contribution in [0, 0.1) is 6.92 Å². The molecule has 1 aliphatic rings. The number of hydrogen-bond donors (Lipinski definition) is 1. The Hall–Kier alpha value is -2.54. The number of aromatic hydroxyl groups is 1. The normalized spacial score (nSPS) is 19.7. The van der Waals surface area contributed by atoms with E-state index in [1.54, 1.807) is 12.1 Å². The van der Waals surface area contributed by atoms with E-state index in [9.17, 15) is 5.11 Å². The molecule has 4 rings (SSSR count). The zero-order valence-electron chi connectivity index (χ0n) is 13.9. The highest BCUT2D eigenvalue weighted by atomic mass is 16.3. The Kier molecular flexibility index (Phi) is 3.86. The molecule has 0 aliphatic heterocycles. The number of benzene rings is 3. The highest BCUT2D eigenvalue weighted by Gasteiger charge is 2.31. The molecule has 0 saturated carbocycles. The topological polar surface area (TPSA) is 20.2 Å². The second-order valence-electron chi connectivity index (χ2n) is 6.83. The molecule has 3 aromatic carbocycles. The molecule has 0 heterocycles. The van der Waals surface area contributed by atoms with Crippen LogP contribution in [0.3, 0.4) is 0 Å². The smallest absolute Gasteiger partial charge is 0.115 e. The summed E-state index contributed by atoms with van der Waals surface area (Å²) in [7, 11) is 0. The van der Waals surface area contributed by atoms with E-state index in [1.807, 2.05) is 0 Å². The third-order valence-electron chi connectivity index (χ3n) is 5.24. The summed E-state index contributed by atoms with van der Waals surface area (Å²) in [6, 6.07) is 25.5. The quantitative estimate of drug-likeness (QED) is 0.656. The zero-order valence-corrected chi connectivity index (χ0v) is 13.9. The Balaban J connectivity index is 1.86. The minimum atomic E-state index is 0.329. The van der Waals surface area contributed by atoms with E-state index in [0.29, 0.717) is 17.6 Å². The predicted molar refractivity (Wildman–Crippen MR) is 98.6 cm³/mol. The van der Waals surface area contributed by atoms with Crippen LogP contribution in [0.25, 0.3) is 0 Å². The Morgan fingerprint density at radius 1 is 0.833 bits per heavy atom. The molecule has 1 unspecified atom stereocenters. The van der Waals surface area contributed by atoms with Gasteiger partial charge >= 0.3 is 0 Å². The second kappa shape index (κ2) is 6.16. The average molecular weight is 314 g/mol. The van der Waals surface area contributed by atoms with Crippen molar-refractivity contribution in [3.8, 4) is 5.75 Å². The third kappa shape index (κ3) is 2.71. The van der Waals surface area contributed by atoms with Gasteiger partial charge in [0.05, 0.1) is 0 Å². The van der Waals surface area contributed by atoms with Crippen LogP contribution in [0.15, 0.2) is 72.8 Å². The molecule has 2 atom stereocenters. The van der Waals surface area contributed by atoms with Crippen LogP contribution in [-0.4, -0.2) is 5.11 Å². The summed E-state index contributed by atoms with van der Waals surface area (Å²) in [5, 5.41) is 9.67. The summed E-state index contributed by atoms with van der Waals surface area (Å²) >= 11 is 0. The lowest BCUT2D eigenvalue weighted by Gasteiger charge is -2.35. The van der Waals surface area contributed by atoms with Crippen LogP contribution >= 0.6 is 0 Å². The summed E-state index contributed by atoms with van der Waals surface area (Å²) in [6.07, 6.45) is 2.29. The number of fused-ring (bicyclic) bond motifs is 1. The molecule has 0 spiro atoms. The van der Waals surface area contributed by atoms with Crippen molar-refractivity contribution in [1.29, 1.82) is 0 Å². The van der Waals surface area contributed by atoms with Gasteiger partial charge in [0.2, 0.25) is 0 Å². The van der Waals surface area contributed by atoms with Gasteiger partial charge in [0, 0.05) is 5.92 Å². The fourth-order valence-electron chi connectivity index (χ4n) is 4.10. The number of phenols is 1. The van der Waals surface area contributed by atoms with Gasteiger partial charge in [0.15, 0.2) is 0 Å². The van der Waals surface area contributed by atoms with Gasteiger partial charge in [-0.2, -0.15) is 0 Å². The fourth-order valence-corrected chi connectivity index (χ4v) is 4.10. The molecular formula is C23H22O. The van der Waals surface area contributed by atoms with Crippen molar-refractivity contribution in [3.05, 3.63) is 101 Å². The molecule has 1 nitrogen and oxygen atoms in total. The molecule has 1 heteroatoms. The maximum Gasteiger partial charge on any atom is 0.115 e. The maximum absolute atomic E-state index is 9.67. The Morgan fingerprint density at radius 3 is 2.33 bits per heavy atom. The van der Waals surface area contributed by atoms with E-state index >= 15 is 0 Å². The summed E-state index contributed by atoms with van der Waals surface area (Å²) in [4.78, 5) is 0. The van der Waals surface area contributed by atoms with Gasteiger partial charge in [-0.1, -0.05) is 66.2 Å². The largest absolute Gasteiger partial charge is 0.508 e. The molecule has 0 saturated heterocycles. The first-order chi connectivity index (χ1) is 11.7. The number of rotatable bonds is 2. The van der Waals surface area contributed by atoms with E-state index in [4.69, 9.17) is 0 Å². The molecule has 24 heavy (non-hydrogen) atoms. The van der Waals surface area contributed by atoms with Crippen LogP contribution in [-0.2, 0) is 6.42 Å². The molecule has 0 fully saturated rings. The molecule has 0 bridgehead atoms. The first-order valence-corrected chi connectivity index (χ1v) is 8.65. The van der Waals surface area contributed by atoms with Crippen LogP contribution in [0.5, 0.6) is 5.75 Å². The third-order valence-corrected chi connectivity index (χ3v) is 5.24. The van der Waals surface area contributed by atoms with E-state index < -0.39 is 0 Å². The van der Waals surface area contributed by atoms with Gasteiger partial charge in [-0.25, -0.2) is 0 Å². The predicted octanol–water partition coefficient (Wildman–Crippen LogP) is 5.56. The van der Waals surface area contributed by atoms with Crippen LogP contribution in [0.4, 0.5) is 0 Å². The summed E-state index contributed by atoms with van der Waals surface area (Å²) < 4.78 is 0. The standard InChI is InChI=1S/C23H22O/c1-16-7-13-22-19(15-16)10-14-21(17-5-3-2-4-6-17)23(22)18-8-11-20(24)12-9-18/h2-9,11-13,15,21,23-24H,10,14H2,1H3/t21-,23?/m1/s1. The molecule has 1 N–H and O–H groups in total. The highest BCUT2D eigenvalue weighted by Crippen LogP contribution is 2.46. The minimum absolute atomic E-state index is 0.329. The summed E-state index contributed by atoms with van der Waals surface area (Å²) in [5.74, 6) is 1.15. The van der Waals surface area contributed by atoms with E-state index in [0.717, 1.165) is 12.8 Å². The summed E-state index contributed by atoms with van der Waals surface area (Å²) in [5.41, 5.74) is 6.93. The molecule has 0 aromatic heterocycles. The van der Waals surface area contributed by atoms with E-state index in [2.05, 4.69) is 67.6 Å². The molecule has 120 valence electrons. The lowest BCUT2D eigenvalue weighted by molar-refractivity contribution is 0.474. The zero-order chi connectivity index (χ0) is 16.5. The van der Waals surface area contributed by atoms with Gasteiger partial charge in [-0.05, 0) is 60.1 Å². The number of aryl methyl sites for hydroxylation is 2. The van der Waals surface area contributed by atoms with Crippen LogP contribution < -0.4 is 0 Å². The van der Waals surface area contributed by atoms with Gasteiger partial charge in [0.25, 0.3) is 0 Å². The Labute approximate surface area is 143 Å². The van der Waals surface area contributed by atoms with Crippen molar-refractivity contribution in [2.24, 2.45) is 0 Å². The number of phenolic OH excluding ortho intramolecular Hbond substituents is 1. The van der Waals surface area contributed by atoms with Crippen molar-refractivity contribution >= 4 is 0 Å². The highest BCUT2D eigenvalue weighted by molar-refractivity contribution is 5.46. The Bertz CT molecular complexity index is 834. The van der Waals surface area contributed by atoms with Crippen molar-refractivity contribution in [2.45, 2.75) is 31.6 Å². The second-order valence-corrected chi connectivity index (χ2v) is 6.83. The minimum Gasteiger partial charge on any atom is -0.508 e. The molecular weight excluding hydrogens is 292 g/mol. The monoisotopic (exact) mass is 314 g/mol. The average Bonchev–Trinajstić information content (AvgIpc) is 2.62. The number of hydrogen-bond acceptors (Lipinski definition) is 1. The van der Waals surface area contributed by atoms with Gasteiger partial charge < -0.3 is 5.11 Å². The summed E-state index contributed by atoms with van der Waals surface area (Å²) in [6.45, 7) is 2.17. The maximum atomic E-state index is 9.67. The SMILES string of the molecule is Cc1ccc2c(c1)CC[C@H](c1ccccc1)C2c1ccc(O)cc1. The van der Waals surface area contributed by atoms with Gasteiger partial charge in [-0.15, -0.1) is 0 Å². The molecule has 1 aliphatic carbocycles. The van der Waals surface area contributed by atoms with Crippen molar-refractivity contribution in [2.75, 3.05) is 0 Å². The molecule has 0 radical (unpaired) electrons. The van der Waals surface area contributed by atoms with E-state index in [-0.39, 0.29) is 0 Å². The lowest BCUT2D eigenvalue weighted by atomic mass is 9.69. The lowest BCUT2D eigenvalue weighted by Crippen LogP contribution is -2.20. The van der Waals surface area contributed by atoms with E-state index in [1.165, 1.54) is 27.8 Å². The Morgan fingerprint density at radius 2 is 1.58 bits per heavy atom. The first kappa shape index (κ1) is 15.0. The van der Waals surface area contributed by atoms with Crippen molar-refractivity contribution in [1.82, 2.24) is 0 Å². The van der Waals surface area contributed by atoms with Crippen molar-refractivity contribution < 1.29 is 5.11 Å².